The number of halogens is 1. The van der Waals surface area contributed by atoms with Crippen LogP contribution in [-0.4, -0.2) is 26.4 Å². The molecule has 2 aliphatic rings. The second-order valence-electron chi connectivity index (χ2n) is 7.12. The highest BCUT2D eigenvalue weighted by Gasteiger charge is 2.29. The van der Waals surface area contributed by atoms with Crippen LogP contribution >= 0.6 is 15.9 Å². The molecule has 0 unspecified atom stereocenters. The Kier molecular flexibility index (Phi) is 3.57. The molecule has 0 amide bonds. The van der Waals surface area contributed by atoms with Crippen molar-refractivity contribution < 1.29 is 0 Å². The van der Waals surface area contributed by atoms with Crippen LogP contribution in [0.25, 0.3) is 10.9 Å². The molecular formula is C19H19BrN4O. The average Bonchev–Trinajstić information content (AvgIpc) is 3.38. The van der Waals surface area contributed by atoms with E-state index in [1.165, 1.54) is 10.9 Å². The second-order valence-corrected chi connectivity index (χ2v) is 8.03. The molecule has 1 aliphatic carbocycles. The molecule has 1 saturated carbocycles. The fourth-order valence-electron chi connectivity index (χ4n) is 3.72. The molecule has 2 N–H and O–H groups in total. The van der Waals surface area contributed by atoms with Crippen LogP contribution in [0.5, 0.6) is 0 Å². The van der Waals surface area contributed by atoms with Gasteiger partial charge in [-0.25, -0.2) is 4.98 Å². The number of aromatic nitrogens is 3. The predicted molar refractivity (Wildman–Crippen MR) is 101 cm³/mol. The van der Waals surface area contributed by atoms with E-state index < -0.39 is 0 Å². The number of benzene rings is 1. The lowest BCUT2D eigenvalue weighted by Crippen LogP contribution is -2.35. The molecule has 1 aliphatic heterocycles. The third-order valence-corrected chi connectivity index (χ3v) is 5.75. The van der Waals surface area contributed by atoms with Crippen molar-refractivity contribution in [2.75, 3.05) is 6.54 Å². The van der Waals surface area contributed by atoms with Gasteiger partial charge in [-0.3, -0.25) is 9.69 Å². The molecule has 1 fully saturated rings. The van der Waals surface area contributed by atoms with E-state index in [9.17, 15) is 4.79 Å². The number of nitrogens with one attached hydrogen (secondary N) is 2. The maximum absolute atomic E-state index is 12.3. The van der Waals surface area contributed by atoms with Crippen molar-refractivity contribution in [3.63, 3.8) is 0 Å². The van der Waals surface area contributed by atoms with Crippen molar-refractivity contribution in [2.24, 2.45) is 0 Å². The van der Waals surface area contributed by atoms with Gasteiger partial charge in [-0.1, -0.05) is 15.9 Å². The highest BCUT2D eigenvalue weighted by molar-refractivity contribution is 9.10. The molecular weight excluding hydrogens is 380 g/mol. The highest BCUT2D eigenvalue weighted by Crippen LogP contribution is 2.38. The Balaban J connectivity index is 1.43. The summed E-state index contributed by atoms with van der Waals surface area (Å²) in [5, 5.41) is 1.25. The third kappa shape index (κ3) is 2.83. The number of hydrogen-bond donors (Lipinski definition) is 2. The van der Waals surface area contributed by atoms with Gasteiger partial charge in [0, 0.05) is 52.7 Å². The summed E-state index contributed by atoms with van der Waals surface area (Å²) in [7, 11) is 0. The highest BCUT2D eigenvalue weighted by atomic mass is 79.9. The Bertz CT molecular complexity index is 1020. The van der Waals surface area contributed by atoms with E-state index in [1.807, 2.05) is 0 Å². The monoisotopic (exact) mass is 398 g/mol. The molecule has 5 rings (SSSR count). The van der Waals surface area contributed by atoms with Gasteiger partial charge in [0.15, 0.2) is 0 Å². The Morgan fingerprint density at radius 3 is 3.04 bits per heavy atom. The van der Waals surface area contributed by atoms with Gasteiger partial charge in [0.2, 0.25) is 0 Å². The lowest BCUT2D eigenvalue weighted by Gasteiger charge is -2.27. The zero-order chi connectivity index (χ0) is 17.0. The Morgan fingerprint density at radius 2 is 2.20 bits per heavy atom. The largest absolute Gasteiger partial charge is 0.361 e. The summed E-state index contributed by atoms with van der Waals surface area (Å²) in [4.78, 5) is 25.8. The molecule has 0 bridgehead atoms. The smallest absolute Gasteiger partial charge is 0.254 e. The van der Waals surface area contributed by atoms with E-state index >= 15 is 0 Å². The molecule has 0 atom stereocenters. The van der Waals surface area contributed by atoms with E-state index in [1.54, 1.807) is 0 Å². The van der Waals surface area contributed by atoms with Crippen LogP contribution in [-0.2, 0) is 19.5 Å². The SMILES string of the molecule is O=c1[nH]c(C2CC2)nc2c1CCN(Cc1c[nH]c3ccc(Br)cc13)C2. The number of aromatic amines is 2. The normalized spacial score (nSPS) is 17.8. The topological polar surface area (TPSA) is 64.8 Å². The number of rotatable bonds is 3. The van der Waals surface area contributed by atoms with Crippen molar-refractivity contribution in [3.8, 4) is 0 Å². The zero-order valence-electron chi connectivity index (χ0n) is 13.8. The van der Waals surface area contributed by atoms with E-state index in [2.05, 4.69) is 55.2 Å². The lowest BCUT2D eigenvalue weighted by molar-refractivity contribution is 0.241. The van der Waals surface area contributed by atoms with Gasteiger partial charge in [0.25, 0.3) is 5.56 Å². The molecule has 3 heterocycles. The molecule has 2 aromatic heterocycles. The van der Waals surface area contributed by atoms with Crippen LogP contribution in [0.15, 0.2) is 33.7 Å². The summed E-state index contributed by atoms with van der Waals surface area (Å²) in [5.74, 6) is 1.36. The van der Waals surface area contributed by atoms with Crippen LogP contribution in [0.1, 0.15) is 41.4 Å². The molecule has 6 heteroatoms. The zero-order valence-corrected chi connectivity index (χ0v) is 15.4. The van der Waals surface area contributed by atoms with Gasteiger partial charge < -0.3 is 9.97 Å². The van der Waals surface area contributed by atoms with Gasteiger partial charge >= 0.3 is 0 Å². The Morgan fingerprint density at radius 1 is 1.32 bits per heavy atom. The van der Waals surface area contributed by atoms with Crippen LogP contribution in [0.2, 0.25) is 0 Å². The maximum Gasteiger partial charge on any atom is 0.254 e. The first-order valence-electron chi connectivity index (χ1n) is 8.77. The van der Waals surface area contributed by atoms with E-state index in [-0.39, 0.29) is 5.56 Å². The number of fused-ring (bicyclic) bond motifs is 2. The molecule has 128 valence electrons. The van der Waals surface area contributed by atoms with Gasteiger partial charge in [-0.2, -0.15) is 0 Å². The van der Waals surface area contributed by atoms with E-state index in [4.69, 9.17) is 4.98 Å². The Hall–Kier alpha value is -1.92. The molecule has 1 aromatic carbocycles. The van der Waals surface area contributed by atoms with E-state index in [0.717, 1.165) is 66.0 Å². The maximum atomic E-state index is 12.3. The number of nitrogens with zero attached hydrogens (tertiary/aromatic N) is 2. The fourth-order valence-corrected chi connectivity index (χ4v) is 4.08. The molecule has 0 radical (unpaired) electrons. The van der Waals surface area contributed by atoms with Crippen molar-refractivity contribution in [1.29, 1.82) is 0 Å². The van der Waals surface area contributed by atoms with Crippen molar-refractivity contribution >= 4 is 26.8 Å². The van der Waals surface area contributed by atoms with Gasteiger partial charge in [0.05, 0.1) is 5.69 Å². The van der Waals surface area contributed by atoms with Gasteiger partial charge in [-0.15, -0.1) is 0 Å². The molecule has 0 saturated heterocycles. The third-order valence-electron chi connectivity index (χ3n) is 5.26. The van der Waals surface area contributed by atoms with Crippen molar-refractivity contribution in [3.05, 3.63) is 61.9 Å². The van der Waals surface area contributed by atoms with Gasteiger partial charge in [0.1, 0.15) is 5.82 Å². The summed E-state index contributed by atoms with van der Waals surface area (Å²) in [6.45, 7) is 2.50. The summed E-state index contributed by atoms with van der Waals surface area (Å²) >= 11 is 3.56. The quantitative estimate of drug-likeness (QED) is 0.709. The van der Waals surface area contributed by atoms with Crippen LogP contribution in [0.4, 0.5) is 0 Å². The second kappa shape index (κ2) is 5.81. The van der Waals surface area contributed by atoms with Crippen molar-refractivity contribution in [1.82, 2.24) is 19.9 Å². The van der Waals surface area contributed by atoms with Gasteiger partial charge in [-0.05, 0) is 43.0 Å². The van der Waals surface area contributed by atoms with Crippen LogP contribution < -0.4 is 5.56 Å². The fraction of sp³-hybridized carbons (Fsp3) is 0.368. The number of H-pyrrole nitrogens is 2. The summed E-state index contributed by atoms with van der Waals surface area (Å²) in [5.41, 5.74) is 4.36. The minimum Gasteiger partial charge on any atom is -0.361 e. The minimum absolute atomic E-state index is 0.0718. The molecule has 0 spiro atoms. The summed E-state index contributed by atoms with van der Waals surface area (Å²) in [6.07, 6.45) is 5.16. The summed E-state index contributed by atoms with van der Waals surface area (Å²) < 4.78 is 1.09. The molecule has 3 aromatic rings. The molecule has 25 heavy (non-hydrogen) atoms. The minimum atomic E-state index is 0.0718. The van der Waals surface area contributed by atoms with E-state index in [0.29, 0.717) is 5.92 Å². The first kappa shape index (κ1) is 15.3. The molecule has 5 nitrogen and oxygen atoms in total. The summed E-state index contributed by atoms with van der Waals surface area (Å²) in [6, 6.07) is 6.31. The standard InChI is InChI=1S/C19H19BrN4O/c20-13-3-4-16-15(7-13)12(8-21-16)9-24-6-5-14-17(10-24)22-18(11-1-2-11)23-19(14)25/h3-4,7-8,11,21H,1-2,5-6,9-10H2,(H,22,23,25). The number of hydrogen-bond acceptors (Lipinski definition) is 3. The van der Waals surface area contributed by atoms with Crippen molar-refractivity contribution in [2.45, 2.75) is 38.3 Å². The van der Waals surface area contributed by atoms with Crippen LogP contribution in [0, 0.1) is 0 Å². The lowest BCUT2D eigenvalue weighted by atomic mass is 10.1. The first-order valence-corrected chi connectivity index (χ1v) is 9.56. The van der Waals surface area contributed by atoms with Crippen LogP contribution in [0.3, 0.4) is 0 Å². The first-order chi connectivity index (χ1) is 12.2. The Labute approximate surface area is 153 Å². The average molecular weight is 399 g/mol. The predicted octanol–water partition coefficient (Wildman–Crippen LogP) is 3.45.